The van der Waals surface area contributed by atoms with Crippen molar-refractivity contribution in [1.82, 2.24) is 14.8 Å². The van der Waals surface area contributed by atoms with E-state index in [0.29, 0.717) is 11.6 Å². The zero-order valence-electron chi connectivity index (χ0n) is 16.7. The first-order valence-corrected chi connectivity index (χ1v) is 10.5. The van der Waals surface area contributed by atoms with Crippen molar-refractivity contribution in [1.29, 1.82) is 0 Å². The molecule has 0 radical (unpaired) electrons. The molecule has 1 saturated carbocycles. The summed E-state index contributed by atoms with van der Waals surface area (Å²) in [6, 6.07) is 22.2. The fraction of sp³-hybridized carbons (Fsp3) is 0.154. The Labute approximate surface area is 178 Å². The van der Waals surface area contributed by atoms with Crippen molar-refractivity contribution in [3.63, 3.8) is 0 Å². The maximum absolute atomic E-state index is 13.4. The summed E-state index contributed by atoms with van der Waals surface area (Å²) in [6.07, 6.45) is 3.14. The third kappa shape index (κ3) is 3.09. The minimum Gasteiger partial charge on any atom is -0.382 e. The molecule has 1 aliphatic rings. The van der Waals surface area contributed by atoms with Crippen LogP contribution < -0.4 is 0 Å². The van der Waals surface area contributed by atoms with Crippen molar-refractivity contribution in [2.75, 3.05) is 0 Å². The number of aliphatic hydroxyl groups excluding tert-OH is 1. The Bertz CT molecular complexity index is 1420. The van der Waals surface area contributed by atoms with Crippen LogP contribution >= 0.6 is 0 Å². The van der Waals surface area contributed by atoms with E-state index >= 15 is 0 Å². The predicted octanol–water partition coefficient (Wildman–Crippen LogP) is 5.67. The standard InChI is InChI=1S/C26H20FN3O/c27-19-8-10-20(11-9-19)30-23-12-7-18(15-22(23)24(29-30)17-5-6-17)26(31)25-21-4-2-1-3-16(21)13-14-28-25/h1-4,7-15,17,26,31H,5-6H2. The summed E-state index contributed by atoms with van der Waals surface area (Å²) in [4.78, 5) is 4.49. The highest BCUT2D eigenvalue weighted by Gasteiger charge is 2.30. The Balaban J connectivity index is 1.49. The maximum Gasteiger partial charge on any atom is 0.123 e. The van der Waals surface area contributed by atoms with Crippen LogP contribution in [0, 0.1) is 5.82 Å². The highest BCUT2D eigenvalue weighted by Crippen LogP contribution is 2.43. The summed E-state index contributed by atoms with van der Waals surface area (Å²) in [7, 11) is 0. The maximum atomic E-state index is 13.4. The molecule has 1 fully saturated rings. The summed E-state index contributed by atoms with van der Waals surface area (Å²) in [6.45, 7) is 0. The van der Waals surface area contributed by atoms with E-state index in [1.165, 1.54) is 12.1 Å². The molecule has 0 aliphatic heterocycles. The van der Waals surface area contributed by atoms with Crippen molar-refractivity contribution in [3.05, 3.63) is 102 Å². The van der Waals surface area contributed by atoms with E-state index in [4.69, 9.17) is 5.10 Å². The molecule has 3 aromatic carbocycles. The molecule has 5 heteroatoms. The number of hydrogen-bond donors (Lipinski definition) is 1. The SMILES string of the molecule is OC(c1ccc2c(c1)c(C1CC1)nn2-c1ccc(F)cc1)c1nccc2ccccc12. The first-order chi connectivity index (χ1) is 15.2. The summed E-state index contributed by atoms with van der Waals surface area (Å²) in [5.74, 6) is 0.169. The Morgan fingerprint density at radius 3 is 2.55 bits per heavy atom. The molecule has 1 aliphatic carbocycles. The third-order valence-corrected chi connectivity index (χ3v) is 6.05. The van der Waals surface area contributed by atoms with E-state index in [1.54, 1.807) is 18.3 Å². The zero-order valence-corrected chi connectivity index (χ0v) is 16.7. The third-order valence-electron chi connectivity index (χ3n) is 6.05. The van der Waals surface area contributed by atoms with E-state index in [1.807, 2.05) is 53.2 Å². The fourth-order valence-corrected chi connectivity index (χ4v) is 4.29. The van der Waals surface area contributed by atoms with Gasteiger partial charge in [-0.25, -0.2) is 9.07 Å². The van der Waals surface area contributed by atoms with Crippen LogP contribution in [-0.2, 0) is 0 Å². The summed E-state index contributed by atoms with van der Waals surface area (Å²) >= 11 is 0. The van der Waals surface area contributed by atoms with Crippen molar-refractivity contribution >= 4 is 21.7 Å². The summed E-state index contributed by atoms with van der Waals surface area (Å²) in [5, 5.41) is 19.1. The lowest BCUT2D eigenvalue weighted by Crippen LogP contribution is -2.03. The second-order valence-electron chi connectivity index (χ2n) is 8.14. The number of aromatic nitrogens is 3. The predicted molar refractivity (Wildman–Crippen MR) is 119 cm³/mol. The first-order valence-electron chi connectivity index (χ1n) is 10.5. The summed E-state index contributed by atoms with van der Waals surface area (Å²) in [5.41, 5.74) is 4.25. The van der Waals surface area contributed by atoms with Gasteiger partial charge in [0, 0.05) is 22.9 Å². The molecule has 1 N–H and O–H groups in total. The van der Waals surface area contributed by atoms with E-state index < -0.39 is 6.10 Å². The molecule has 31 heavy (non-hydrogen) atoms. The van der Waals surface area contributed by atoms with Gasteiger partial charge in [-0.1, -0.05) is 30.3 Å². The molecule has 0 amide bonds. The van der Waals surface area contributed by atoms with Crippen molar-refractivity contribution in [2.45, 2.75) is 24.9 Å². The lowest BCUT2D eigenvalue weighted by molar-refractivity contribution is 0.217. The lowest BCUT2D eigenvalue weighted by Gasteiger charge is -2.13. The largest absolute Gasteiger partial charge is 0.382 e. The van der Waals surface area contributed by atoms with Gasteiger partial charge in [-0.3, -0.25) is 4.98 Å². The molecule has 5 aromatic rings. The number of benzene rings is 3. The van der Waals surface area contributed by atoms with Crippen LogP contribution in [0.1, 0.15) is 41.8 Å². The van der Waals surface area contributed by atoms with Gasteiger partial charge in [0.25, 0.3) is 0 Å². The van der Waals surface area contributed by atoms with Gasteiger partial charge in [0.1, 0.15) is 11.9 Å². The van der Waals surface area contributed by atoms with Gasteiger partial charge in [-0.15, -0.1) is 0 Å². The van der Waals surface area contributed by atoms with E-state index in [9.17, 15) is 9.50 Å². The molecule has 1 unspecified atom stereocenters. The van der Waals surface area contributed by atoms with Gasteiger partial charge in [-0.05, 0) is 66.3 Å². The molecular weight excluding hydrogens is 389 g/mol. The second-order valence-corrected chi connectivity index (χ2v) is 8.14. The van der Waals surface area contributed by atoms with Gasteiger partial charge in [0.15, 0.2) is 0 Å². The van der Waals surface area contributed by atoms with Crippen LogP contribution in [0.3, 0.4) is 0 Å². The molecule has 2 aromatic heterocycles. The van der Waals surface area contributed by atoms with E-state index in [0.717, 1.165) is 51.5 Å². The normalized spacial score (nSPS) is 14.9. The van der Waals surface area contributed by atoms with Gasteiger partial charge < -0.3 is 5.11 Å². The molecule has 0 bridgehead atoms. The van der Waals surface area contributed by atoms with Crippen molar-refractivity contribution in [3.8, 4) is 5.69 Å². The van der Waals surface area contributed by atoms with Gasteiger partial charge in [0.2, 0.25) is 0 Å². The highest BCUT2D eigenvalue weighted by molar-refractivity contribution is 5.87. The van der Waals surface area contributed by atoms with Crippen LogP contribution in [-0.4, -0.2) is 19.9 Å². The average Bonchev–Trinajstić information content (AvgIpc) is 3.59. The van der Waals surface area contributed by atoms with Gasteiger partial charge in [0.05, 0.1) is 22.6 Å². The first kappa shape index (κ1) is 18.2. The van der Waals surface area contributed by atoms with Crippen molar-refractivity contribution in [2.24, 2.45) is 0 Å². The monoisotopic (exact) mass is 409 g/mol. The Morgan fingerprint density at radius 1 is 0.935 bits per heavy atom. The van der Waals surface area contributed by atoms with Crippen LogP contribution in [0.15, 0.2) is 79.0 Å². The molecule has 0 saturated heterocycles. The van der Waals surface area contributed by atoms with Crippen LogP contribution in [0.4, 0.5) is 4.39 Å². The fourth-order valence-electron chi connectivity index (χ4n) is 4.29. The Morgan fingerprint density at radius 2 is 1.74 bits per heavy atom. The number of aliphatic hydroxyl groups is 1. The molecule has 152 valence electrons. The molecule has 4 nitrogen and oxygen atoms in total. The number of hydrogen-bond acceptors (Lipinski definition) is 3. The molecule has 6 rings (SSSR count). The number of nitrogens with zero attached hydrogens (tertiary/aromatic N) is 3. The van der Waals surface area contributed by atoms with Gasteiger partial charge in [-0.2, -0.15) is 5.10 Å². The quantitative estimate of drug-likeness (QED) is 0.416. The molecule has 1 atom stereocenters. The number of pyridine rings is 1. The summed E-state index contributed by atoms with van der Waals surface area (Å²) < 4.78 is 15.3. The second kappa shape index (κ2) is 7.00. The van der Waals surface area contributed by atoms with Gasteiger partial charge >= 0.3 is 0 Å². The minimum atomic E-state index is -0.836. The lowest BCUT2D eigenvalue weighted by atomic mass is 9.99. The highest BCUT2D eigenvalue weighted by atomic mass is 19.1. The zero-order chi connectivity index (χ0) is 20.9. The van der Waals surface area contributed by atoms with E-state index in [2.05, 4.69) is 4.98 Å². The number of halogens is 1. The molecular formula is C26H20FN3O. The average molecular weight is 409 g/mol. The molecule has 2 heterocycles. The number of rotatable bonds is 4. The van der Waals surface area contributed by atoms with Crippen LogP contribution in [0.5, 0.6) is 0 Å². The number of fused-ring (bicyclic) bond motifs is 2. The van der Waals surface area contributed by atoms with Crippen LogP contribution in [0.25, 0.3) is 27.4 Å². The topological polar surface area (TPSA) is 50.9 Å². The smallest absolute Gasteiger partial charge is 0.123 e. The van der Waals surface area contributed by atoms with Crippen molar-refractivity contribution < 1.29 is 9.50 Å². The van der Waals surface area contributed by atoms with E-state index in [-0.39, 0.29) is 5.82 Å². The Hall–Kier alpha value is -3.57. The molecule has 0 spiro atoms. The minimum absolute atomic E-state index is 0.268. The Kier molecular flexibility index (Phi) is 4.11. The van der Waals surface area contributed by atoms with Crippen LogP contribution in [0.2, 0.25) is 0 Å².